The lowest BCUT2D eigenvalue weighted by atomic mass is 10.1. The van der Waals surface area contributed by atoms with Gasteiger partial charge in [0, 0.05) is 49.9 Å². The molecule has 152 valence electrons. The Balaban J connectivity index is 1.62. The van der Waals surface area contributed by atoms with Crippen molar-refractivity contribution in [3.05, 3.63) is 77.5 Å². The van der Waals surface area contributed by atoms with Gasteiger partial charge in [0.2, 0.25) is 0 Å². The molecule has 0 aliphatic rings. The van der Waals surface area contributed by atoms with Gasteiger partial charge in [-0.05, 0) is 35.3 Å². The molecule has 0 atom stereocenters. The maximum atomic E-state index is 11.1. The summed E-state index contributed by atoms with van der Waals surface area (Å²) in [5.41, 5.74) is 6.18. The minimum atomic E-state index is -0.544. The lowest BCUT2D eigenvalue weighted by Crippen LogP contribution is -2.29. The van der Waals surface area contributed by atoms with Gasteiger partial charge < -0.3 is 9.72 Å². The molecule has 0 saturated heterocycles. The molecule has 0 aliphatic heterocycles. The smallest absolute Gasteiger partial charge is 0.267 e. The second kappa shape index (κ2) is 10.6. The molecular weight excluding hydrogens is 366 g/mol. The number of hydrogen-bond acceptors (Lipinski definition) is 4. The zero-order chi connectivity index (χ0) is 20.5. The number of rotatable bonds is 10. The Morgan fingerprint density at radius 3 is 2.72 bits per heavy atom. The Morgan fingerprint density at radius 2 is 1.97 bits per heavy atom. The lowest BCUT2D eigenvalue weighted by molar-refractivity contribution is -0.124. The lowest BCUT2D eigenvalue weighted by Gasteiger charge is -2.22. The highest BCUT2D eigenvalue weighted by molar-refractivity contribution is 5.90. The SMILES string of the molecule is COCCN(CCc1c[nH]c2ccccc12)Cc1ccc(/C=C/C(=O)NO)cc1. The summed E-state index contributed by atoms with van der Waals surface area (Å²) in [7, 11) is 1.72. The van der Waals surface area contributed by atoms with Crippen molar-refractivity contribution < 1.29 is 14.7 Å². The largest absolute Gasteiger partial charge is 0.383 e. The van der Waals surface area contributed by atoms with E-state index in [0.717, 1.165) is 31.6 Å². The third kappa shape index (κ3) is 6.02. The normalized spacial score (nSPS) is 11.6. The standard InChI is InChI=1S/C23H27N3O3/c1-29-15-14-26(13-12-20-16-24-22-5-3-2-4-21(20)22)17-19-8-6-18(7-9-19)10-11-23(27)25-28/h2-11,16,24,28H,12-15,17H2,1H3,(H,25,27)/b11-10+. The van der Waals surface area contributed by atoms with Crippen molar-refractivity contribution in [2.24, 2.45) is 0 Å². The summed E-state index contributed by atoms with van der Waals surface area (Å²) < 4.78 is 5.29. The van der Waals surface area contributed by atoms with Gasteiger partial charge in [0.1, 0.15) is 0 Å². The van der Waals surface area contributed by atoms with E-state index in [0.29, 0.717) is 6.61 Å². The fraction of sp³-hybridized carbons (Fsp3) is 0.261. The van der Waals surface area contributed by atoms with Crippen molar-refractivity contribution >= 4 is 22.9 Å². The van der Waals surface area contributed by atoms with Gasteiger partial charge >= 0.3 is 0 Å². The molecule has 0 unspecified atom stereocenters. The maximum Gasteiger partial charge on any atom is 0.267 e. The van der Waals surface area contributed by atoms with Crippen molar-refractivity contribution in [2.45, 2.75) is 13.0 Å². The molecule has 2 aromatic carbocycles. The van der Waals surface area contributed by atoms with Gasteiger partial charge in [-0.1, -0.05) is 42.5 Å². The molecule has 1 amide bonds. The van der Waals surface area contributed by atoms with Crippen molar-refractivity contribution in [3.8, 4) is 0 Å². The van der Waals surface area contributed by atoms with E-state index in [2.05, 4.69) is 46.4 Å². The molecule has 3 aromatic rings. The van der Waals surface area contributed by atoms with Crippen LogP contribution in [0.25, 0.3) is 17.0 Å². The van der Waals surface area contributed by atoms with Gasteiger partial charge in [-0.3, -0.25) is 14.9 Å². The van der Waals surface area contributed by atoms with Crippen LogP contribution in [0.4, 0.5) is 0 Å². The molecule has 3 N–H and O–H groups in total. The van der Waals surface area contributed by atoms with Gasteiger partial charge in [0.25, 0.3) is 5.91 Å². The topological polar surface area (TPSA) is 77.6 Å². The van der Waals surface area contributed by atoms with Crippen LogP contribution >= 0.6 is 0 Å². The summed E-state index contributed by atoms with van der Waals surface area (Å²) in [6, 6.07) is 16.4. The molecule has 3 rings (SSSR count). The van der Waals surface area contributed by atoms with Crippen molar-refractivity contribution in [1.29, 1.82) is 0 Å². The Morgan fingerprint density at radius 1 is 1.17 bits per heavy atom. The van der Waals surface area contributed by atoms with Crippen LogP contribution in [0.5, 0.6) is 0 Å². The quantitative estimate of drug-likeness (QED) is 0.280. The number of carbonyl (C=O) groups is 1. The highest BCUT2D eigenvalue weighted by Crippen LogP contribution is 2.19. The summed E-state index contributed by atoms with van der Waals surface area (Å²) >= 11 is 0. The van der Waals surface area contributed by atoms with Crippen molar-refractivity contribution in [2.75, 3.05) is 26.8 Å². The maximum absolute atomic E-state index is 11.1. The van der Waals surface area contributed by atoms with Gasteiger partial charge in [-0.15, -0.1) is 0 Å². The zero-order valence-corrected chi connectivity index (χ0v) is 16.6. The Bertz CT molecular complexity index is 947. The van der Waals surface area contributed by atoms with Crippen LogP contribution in [0.1, 0.15) is 16.7 Å². The number of ether oxygens (including phenoxy) is 1. The van der Waals surface area contributed by atoms with E-state index in [4.69, 9.17) is 9.94 Å². The Labute approximate surface area is 170 Å². The number of methoxy groups -OCH3 is 1. The first-order valence-corrected chi connectivity index (χ1v) is 9.67. The van der Waals surface area contributed by atoms with E-state index in [-0.39, 0.29) is 0 Å². The monoisotopic (exact) mass is 393 g/mol. The number of aromatic nitrogens is 1. The van der Waals surface area contributed by atoms with Gasteiger partial charge in [-0.25, -0.2) is 5.48 Å². The number of fused-ring (bicyclic) bond motifs is 1. The van der Waals surface area contributed by atoms with Crippen LogP contribution in [-0.2, 0) is 22.5 Å². The van der Waals surface area contributed by atoms with E-state index in [1.165, 1.54) is 28.1 Å². The molecule has 0 fully saturated rings. The van der Waals surface area contributed by atoms with E-state index < -0.39 is 5.91 Å². The predicted molar refractivity (Wildman–Crippen MR) is 115 cm³/mol. The number of H-pyrrole nitrogens is 1. The molecule has 0 radical (unpaired) electrons. The second-order valence-electron chi connectivity index (χ2n) is 6.93. The second-order valence-corrected chi connectivity index (χ2v) is 6.93. The third-order valence-corrected chi connectivity index (χ3v) is 4.91. The van der Waals surface area contributed by atoms with Crippen LogP contribution in [0.3, 0.4) is 0 Å². The number of benzene rings is 2. The van der Waals surface area contributed by atoms with Crippen LogP contribution in [0.15, 0.2) is 60.8 Å². The number of para-hydroxylation sites is 1. The van der Waals surface area contributed by atoms with Crippen molar-refractivity contribution in [3.63, 3.8) is 0 Å². The number of hydrogen-bond donors (Lipinski definition) is 3. The molecule has 0 saturated carbocycles. The summed E-state index contributed by atoms with van der Waals surface area (Å²) in [5.74, 6) is -0.544. The number of nitrogens with zero attached hydrogens (tertiary/aromatic N) is 1. The average molecular weight is 393 g/mol. The molecule has 0 spiro atoms. The van der Waals surface area contributed by atoms with E-state index in [1.54, 1.807) is 18.7 Å². The molecule has 0 bridgehead atoms. The predicted octanol–water partition coefficient (Wildman–Crippen LogP) is 3.38. The number of amides is 1. The van der Waals surface area contributed by atoms with E-state index in [1.807, 2.05) is 18.2 Å². The molecule has 1 heterocycles. The first kappa shape index (κ1) is 20.8. The molecule has 6 heteroatoms. The number of nitrogens with one attached hydrogen (secondary N) is 2. The van der Waals surface area contributed by atoms with Crippen LogP contribution < -0.4 is 5.48 Å². The average Bonchev–Trinajstić information content (AvgIpc) is 3.18. The van der Waals surface area contributed by atoms with E-state index in [9.17, 15) is 4.79 Å². The van der Waals surface area contributed by atoms with Crippen LogP contribution in [-0.4, -0.2) is 47.8 Å². The highest BCUT2D eigenvalue weighted by atomic mass is 16.5. The van der Waals surface area contributed by atoms with Crippen LogP contribution in [0.2, 0.25) is 0 Å². The summed E-state index contributed by atoms with van der Waals surface area (Å²) in [6.45, 7) is 3.30. The number of carbonyl (C=O) groups excluding carboxylic acids is 1. The third-order valence-electron chi connectivity index (χ3n) is 4.91. The number of hydroxylamine groups is 1. The molecule has 1 aromatic heterocycles. The first-order valence-electron chi connectivity index (χ1n) is 9.67. The molecule has 29 heavy (non-hydrogen) atoms. The zero-order valence-electron chi connectivity index (χ0n) is 16.6. The highest BCUT2D eigenvalue weighted by Gasteiger charge is 2.09. The van der Waals surface area contributed by atoms with Gasteiger partial charge in [0.05, 0.1) is 6.61 Å². The minimum absolute atomic E-state index is 0.544. The Kier molecular flexibility index (Phi) is 7.58. The first-order chi connectivity index (χ1) is 14.2. The minimum Gasteiger partial charge on any atom is -0.383 e. The molecular formula is C23H27N3O3. The summed E-state index contributed by atoms with van der Waals surface area (Å²) in [5, 5.41) is 9.82. The fourth-order valence-corrected chi connectivity index (χ4v) is 3.31. The van der Waals surface area contributed by atoms with Gasteiger partial charge in [0.15, 0.2) is 0 Å². The summed E-state index contributed by atoms with van der Waals surface area (Å²) in [4.78, 5) is 16.8. The summed E-state index contributed by atoms with van der Waals surface area (Å²) in [6.07, 6.45) is 6.02. The Hall–Kier alpha value is -2.93. The molecule has 6 nitrogen and oxygen atoms in total. The van der Waals surface area contributed by atoms with E-state index >= 15 is 0 Å². The number of aromatic amines is 1. The fourth-order valence-electron chi connectivity index (χ4n) is 3.31. The van der Waals surface area contributed by atoms with Crippen molar-refractivity contribution in [1.82, 2.24) is 15.4 Å². The van der Waals surface area contributed by atoms with Crippen LogP contribution in [0, 0.1) is 0 Å². The molecule has 0 aliphatic carbocycles. The van der Waals surface area contributed by atoms with Gasteiger partial charge in [-0.2, -0.15) is 0 Å².